The maximum atomic E-state index is 12.5. The van der Waals surface area contributed by atoms with Crippen LogP contribution in [0.2, 0.25) is 0 Å². The number of anilines is 1. The van der Waals surface area contributed by atoms with Crippen molar-refractivity contribution >= 4 is 17.5 Å². The highest BCUT2D eigenvalue weighted by Crippen LogP contribution is 2.22. The van der Waals surface area contributed by atoms with Gasteiger partial charge in [-0.05, 0) is 30.3 Å². The number of ether oxygens (including phenoxy) is 1. The van der Waals surface area contributed by atoms with Gasteiger partial charge in [-0.25, -0.2) is 4.98 Å². The molecule has 0 radical (unpaired) electrons. The molecular formula is C20H19N5O3. The number of methoxy groups -OCH3 is 1. The van der Waals surface area contributed by atoms with Crippen LogP contribution < -0.4 is 21.5 Å². The Kier molecular flexibility index (Phi) is 5.61. The van der Waals surface area contributed by atoms with E-state index in [1.54, 1.807) is 48.5 Å². The highest BCUT2D eigenvalue weighted by molar-refractivity contribution is 6.04. The molecule has 0 atom stereocenters. The third kappa shape index (κ3) is 4.13. The summed E-state index contributed by atoms with van der Waals surface area (Å²) in [6.45, 7) is 0.0577. The van der Waals surface area contributed by atoms with E-state index in [-0.39, 0.29) is 18.1 Å². The van der Waals surface area contributed by atoms with Gasteiger partial charge in [0.15, 0.2) is 5.69 Å². The fraction of sp³-hybridized carbons (Fsp3) is 0.100. The molecule has 0 aliphatic rings. The number of carbonyl (C=O) groups is 2. The molecule has 0 aliphatic carbocycles. The van der Waals surface area contributed by atoms with E-state index >= 15 is 0 Å². The first-order valence-corrected chi connectivity index (χ1v) is 8.43. The number of rotatable bonds is 6. The topological polar surface area (TPSA) is 133 Å². The van der Waals surface area contributed by atoms with Gasteiger partial charge in [-0.1, -0.05) is 18.2 Å². The van der Waals surface area contributed by atoms with Gasteiger partial charge in [0.2, 0.25) is 0 Å². The van der Waals surface area contributed by atoms with E-state index in [1.807, 2.05) is 0 Å². The lowest BCUT2D eigenvalue weighted by atomic mass is 10.1. The number of aromatic nitrogens is 2. The van der Waals surface area contributed by atoms with Crippen molar-refractivity contribution in [1.29, 1.82) is 0 Å². The molecule has 8 nitrogen and oxygen atoms in total. The number of nitrogens with one attached hydrogen (secondary N) is 1. The fourth-order valence-electron chi connectivity index (χ4n) is 2.62. The van der Waals surface area contributed by atoms with Crippen LogP contribution in [0.4, 0.5) is 5.69 Å². The molecule has 0 fully saturated rings. The van der Waals surface area contributed by atoms with Gasteiger partial charge in [-0.3, -0.25) is 14.6 Å². The van der Waals surface area contributed by atoms with Crippen LogP contribution in [0.25, 0.3) is 11.3 Å². The molecule has 0 saturated carbocycles. The smallest absolute Gasteiger partial charge is 0.269 e. The van der Waals surface area contributed by atoms with Crippen LogP contribution in [0.3, 0.4) is 0 Å². The number of hydrogen-bond acceptors (Lipinski definition) is 6. The van der Waals surface area contributed by atoms with Crippen LogP contribution in [0.5, 0.6) is 5.75 Å². The second-order valence-electron chi connectivity index (χ2n) is 5.89. The first-order chi connectivity index (χ1) is 13.5. The van der Waals surface area contributed by atoms with Gasteiger partial charge in [-0.2, -0.15) is 0 Å². The van der Waals surface area contributed by atoms with Crippen molar-refractivity contribution in [2.24, 2.45) is 11.5 Å². The molecule has 0 saturated heterocycles. The second-order valence-corrected chi connectivity index (χ2v) is 5.89. The van der Waals surface area contributed by atoms with Crippen LogP contribution in [0.1, 0.15) is 26.5 Å². The third-order valence-corrected chi connectivity index (χ3v) is 4.02. The van der Waals surface area contributed by atoms with Crippen molar-refractivity contribution in [2.45, 2.75) is 6.54 Å². The number of benzene rings is 2. The van der Waals surface area contributed by atoms with Gasteiger partial charge in [0.05, 0.1) is 24.7 Å². The maximum Gasteiger partial charge on any atom is 0.269 e. The van der Waals surface area contributed by atoms with Gasteiger partial charge in [0.1, 0.15) is 5.75 Å². The molecule has 3 rings (SSSR count). The van der Waals surface area contributed by atoms with Crippen LogP contribution in [-0.2, 0) is 6.54 Å². The molecule has 8 heteroatoms. The van der Waals surface area contributed by atoms with Crippen LogP contribution in [-0.4, -0.2) is 28.9 Å². The van der Waals surface area contributed by atoms with E-state index in [9.17, 15) is 9.59 Å². The number of hydrogen-bond donors (Lipinski definition) is 3. The Bertz CT molecular complexity index is 1040. The zero-order valence-electron chi connectivity index (χ0n) is 15.2. The van der Waals surface area contributed by atoms with Gasteiger partial charge >= 0.3 is 0 Å². The zero-order chi connectivity index (χ0) is 20.1. The van der Waals surface area contributed by atoms with E-state index in [4.69, 9.17) is 16.2 Å². The number of carbonyl (C=O) groups excluding carboxylic acids is 2. The van der Waals surface area contributed by atoms with E-state index in [1.165, 1.54) is 13.3 Å². The van der Waals surface area contributed by atoms with Crippen molar-refractivity contribution in [3.8, 4) is 17.0 Å². The highest BCUT2D eigenvalue weighted by atomic mass is 16.5. The summed E-state index contributed by atoms with van der Waals surface area (Å²) in [4.78, 5) is 32.5. The molecule has 3 aromatic rings. The van der Waals surface area contributed by atoms with Crippen molar-refractivity contribution in [3.63, 3.8) is 0 Å². The molecule has 2 aromatic carbocycles. The largest absolute Gasteiger partial charge is 0.497 e. The summed E-state index contributed by atoms with van der Waals surface area (Å²) in [6, 6.07) is 13.9. The Balaban J connectivity index is 1.87. The maximum absolute atomic E-state index is 12.5. The lowest BCUT2D eigenvalue weighted by Crippen LogP contribution is -2.19. The fourth-order valence-corrected chi connectivity index (χ4v) is 2.62. The summed E-state index contributed by atoms with van der Waals surface area (Å²) in [7, 11) is 1.54. The molecule has 142 valence electrons. The van der Waals surface area contributed by atoms with Crippen LogP contribution >= 0.6 is 0 Å². The normalized spacial score (nSPS) is 10.4. The standard InChI is InChI=1S/C20H19N5O3/c1-28-15-7-3-5-13(9-15)20(27)24-14-6-2-4-12(8-14)17-11-23-16(10-21)18(25-17)19(22)26/h2-9,11H,10,21H2,1H3,(H2,22,26)(H,24,27). The quantitative estimate of drug-likeness (QED) is 0.601. The van der Waals surface area contributed by atoms with Crippen LogP contribution in [0, 0.1) is 0 Å². The molecule has 0 unspecified atom stereocenters. The minimum absolute atomic E-state index is 0.0332. The van der Waals surface area contributed by atoms with E-state index in [0.29, 0.717) is 34.0 Å². The average molecular weight is 377 g/mol. The first kappa shape index (κ1) is 19.0. The van der Waals surface area contributed by atoms with Crippen molar-refractivity contribution < 1.29 is 14.3 Å². The molecule has 2 amide bonds. The number of amides is 2. The molecule has 28 heavy (non-hydrogen) atoms. The first-order valence-electron chi connectivity index (χ1n) is 8.43. The summed E-state index contributed by atoms with van der Waals surface area (Å²) in [5.74, 6) is -0.383. The lowest BCUT2D eigenvalue weighted by Gasteiger charge is -2.09. The molecule has 0 bridgehead atoms. The summed E-state index contributed by atoms with van der Waals surface area (Å²) >= 11 is 0. The van der Waals surface area contributed by atoms with E-state index in [2.05, 4.69) is 15.3 Å². The summed E-state index contributed by atoms with van der Waals surface area (Å²) in [6.07, 6.45) is 1.51. The Hall–Kier alpha value is -3.78. The van der Waals surface area contributed by atoms with E-state index in [0.717, 1.165) is 0 Å². The van der Waals surface area contributed by atoms with Gasteiger partial charge in [0.25, 0.3) is 11.8 Å². The Morgan fingerprint density at radius 1 is 1.14 bits per heavy atom. The SMILES string of the molecule is COc1cccc(C(=O)Nc2cccc(-c3cnc(CN)c(C(N)=O)n3)c2)c1. The molecule has 0 spiro atoms. The second kappa shape index (κ2) is 8.28. The minimum atomic E-state index is -0.697. The van der Waals surface area contributed by atoms with Gasteiger partial charge in [0, 0.05) is 23.4 Å². The lowest BCUT2D eigenvalue weighted by molar-refractivity contribution is 0.0992. The minimum Gasteiger partial charge on any atom is -0.497 e. The van der Waals surface area contributed by atoms with Crippen molar-refractivity contribution in [1.82, 2.24) is 9.97 Å². The summed E-state index contributed by atoms with van der Waals surface area (Å²) in [5, 5.41) is 2.83. The summed E-state index contributed by atoms with van der Waals surface area (Å²) < 4.78 is 5.14. The average Bonchev–Trinajstić information content (AvgIpc) is 2.73. The number of primary amides is 1. The van der Waals surface area contributed by atoms with Gasteiger partial charge < -0.3 is 21.5 Å². The molecule has 1 heterocycles. The zero-order valence-corrected chi connectivity index (χ0v) is 15.2. The number of nitrogens with zero attached hydrogens (tertiary/aromatic N) is 2. The molecule has 5 N–H and O–H groups in total. The van der Waals surface area contributed by atoms with Gasteiger partial charge in [-0.15, -0.1) is 0 Å². The predicted octanol–water partition coefficient (Wildman–Crippen LogP) is 1.96. The van der Waals surface area contributed by atoms with Crippen LogP contribution in [0.15, 0.2) is 54.7 Å². The predicted molar refractivity (Wildman–Crippen MR) is 105 cm³/mol. The van der Waals surface area contributed by atoms with Crippen molar-refractivity contribution in [3.05, 3.63) is 71.7 Å². The monoisotopic (exact) mass is 377 g/mol. The van der Waals surface area contributed by atoms with Crippen molar-refractivity contribution in [2.75, 3.05) is 12.4 Å². The highest BCUT2D eigenvalue weighted by Gasteiger charge is 2.13. The molecule has 1 aromatic heterocycles. The Morgan fingerprint density at radius 2 is 1.93 bits per heavy atom. The third-order valence-electron chi connectivity index (χ3n) is 4.02. The Labute approximate surface area is 161 Å². The number of nitrogens with two attached hydrogens (primary N) is 2. The molecular weight excluding hydrogens is 358 g/mol. The molecule has 0 aliphatic heterocycles. The van der Waals surface area contributed by atoms with E-state index < -0.39 is 5.91 Å². The summed E-state index contributed by atoms with van der Waals surface area (Å²) in [5.41, 5.74) is 13.4. The Morgan fingerprint density at radius 3 is 2.64 bits per heavy atom.